The second-order valence-electron chi connectivity index (χ2n) is 6.58. The van der Waals surface area contributed by atoms with Crippen molar-refractivity contribution >= 4 is 18.5 Å². The highest BCUT2D eigenvalue weighted by molar-refractivity contribution is 5.85. The van der Waals surface area contributed by atoms with Crippen LogP contribution in [0, 0.1) is 0 Å². The smallest absolute Gasteiger partial charge is 0.416 e. The predicted molar refractivity (Wildman–Crippen MR) is 111 cm³/mol. The minimum Gasteiger partial charge on any atom is -0.486 e. The summed E-state index contributed by atoms with van der Waals surface area (Å²) in [7, 11) is 2.01. The monoisotopic (exact) mass is 425 g/mol. The number of hydrogen-bond donors (Lipinski definition) is 0. The number of nitrogens with zero attached hydrogens (tertiary/aromatic N) is 1. The molecule has 0 spiro atoms. The van der Waals surface area contributed by atoms with Gasteiger partial charge in [0.1, 0.15) is 13.2 Å². The molecule has 156 valence electrons. The van der Waals surface area contributed by atoms with E-state index in [0.29, 0.717) is 13.2 Å². The van der Waals surface area contributed by atoms with Crippen molar-refractivity contribution in [2.75, 3.05) is 26.8 Å². The molecule has 1 aliphatic rings. The molecule has 0 atom stereocenters. The number of benzene rings is 2. The second kappa shape index (κ2) is 10.4. The van der Waals surface area contributed by atoms with E-state index in [1.807, 2.05) is 43.5 Å². The van der Waals surface area contributed by atoms with Crippen molar-refractivity contribution < 1.29 is 22.6 Å². The van der Waals surface area contributed by atoms with Gasteiger partial charge in [-0.1, -0.05) is 42.5 Å². The zero-order valence-corrected chi connectivity index (χ0v) is 16.8. The van der Waals surface area contributed by atoms with Gasteiger partial charge in [0, 0.05) is 13.1 Å². The minimum atomic E-state index is -4.30. The van der Waals surface area contributed by atoms with Gasteiger partial charge in [-0.25, -0.2) is 0 Å². The van der Waals surface area contributed by atoms with Gasteiger partial charge in [0.15, 0.2) is 11.5 Å². The molecule has 0 amide bonds. The van der Waals surface area contributed by atoms with Crippen LogP contribution in [0.2, 0.25) is 0 Å². The SMILES string of the molecule is CN(C/C=C/C=C/c1ccc(C(F)(F)F)cc1)Cc1ccc2c(c1)OCCO2.Cl. The number of halogens is 4. The van der Waals surface area contributed by atoms with Gasteiger partial charge in [0.2, 0.25) is 0 Å². The highest BCUT2D eigenvalue weighted by atomic mass is 35.5. The lowest BCUT2D eigenvalue weighted by Crippen LogP contribution is -2.19. The van der Waals surface area contributed by atoms with E-state index in [0.717, 1.165) is 47.8 Å². The maximum absolute atomic E-state index is 12.5. The first-order valence-corrected chi connectivity index (χ1v) is 8.99. The molecule has 0 bridgehead atoms. The molecule has 29 heavy (non-hydrogen) atoms. The predicted octanol–water partition coefficient (Wildman–Crippen LogP) is 5.60. The number of hydrogen-bond acceptors (Lipinski definition) is 3. The van der Waals surface area contributed by atoms with E-state index < -0.39 is 11.7 Å². The summed E-state index contributed by atoms with van der Waals surface area (Å²) in [5.41, 5.74) is 1.23. The Balaban J connectivity index is 0.00000300. The zero-order chi connectivity index (χ0) is 20.0. The molecule has 3 rings (SSSR count). The lowest BCUT2D eigenvalue weighted by Gasteiger charge is -2.20. The molecule has 1 heterocycles. The Labute approximate surface area is 174 Å². The van der Waals surface area contributed by atoms with Crippen molar-refractivity contribution in [2.45, 2.75) is 12.7 Å². The van der Waals surface area contributed by atoms with Crippen LogP contribution in [0.1, 0.15) is 16.7 Å². The van der Waals surface area contributed by atoms with Crippen molar-refractivity contribution in [1.29, 1.82) is 0 Å². The Bertz CT molecular complexity index is 848. The van der Waals surface area contributed by atoms with Crippen LogP contribution in [0.25, 0.3) is 6.08 Å². The van der Waals surface area contributed by atoms with Crippen LogP contribution < -0.4 is 9.47 Å². The number of likely N-dealkylation sites (N-methyl/N-ethyl adjacent to an activating group) is 1. The first-order valence-electron chi connectivity index (χ1n) is 8.99. The van der Waals surface area contributed by atoms with Crippen molar-refractivity contribution in [1.82, 2.24) is 4.90 Å². The molecule has 0 saturated carbocycles. The molecular formula is C22H23ClF3NO2. The van der Waals surface area contributed by atoms with Crippen LogP contribution in [0.15, 0.2) is 60.7 Å². The van der Waals surface area contributed by atoms with Crippen molar-refractivity contribution in [3.8, 4) is 11.5 Å². The van der Waals surface area contributed by atoms with Crippen LogP contribution in [0.3, 0.4) is 0 Å². The van der Waals surface area contributed by atoms with E-state index in [-0.39, 0.29) is 12.4 Å². The topological polar surface area (TPSA) is 21.7 Å². The van der Waals surface area contributed by atoms with Crippen LogP contribution in [-0.2, 0) is 12.7 Å². The largest absolute Gasteiger partial charge is 0.486 e. The van der Waals surface area contributed by atoms with Crippen molar-refractivity contribution in [2.24, 2.45) is 0 Å². The summed E-state index contributed by atoms with van der Waals surface area (Å²) in [5.74, 6) is 1.57. The van der Waals surface area contributed by atoms with Gasteiger partial charge in [-0.2, -0.15) is 13.2 Å². The third-order valence-electron chi connectivity index (χ3n) is 4.25. The number of alkyl halides is 3. The van der Waals surface area contributed by atoms with Crippen LogP contribution in [0.5, 0.6) is 11.5 Å². The highest BCUT2D eigenvalue weighted by Gasteiger charge is 2.29. The third kappa shape index (κ3) is 6.84. The zero-order valence-electron chi connectivity index (χ0n) is 16.0. The van der Waals surface area contributed by atoms with Gasteiger partial charge < -0.3 is 9.47 Å². The first-order chi connectivity index (χ1) is 13.4. The molecule has 0 saturated heterocycles. The molecule has 0 aliphatic carbocycles. The van der Waals surface area contributed by atoms with Gasteiger partial charge >= 0.3 is 6.18 Å². The fourth-order valence-corrected chi connectivity index (χ4v) is 2.83. The summed E-state index contributed by atoms with van der Waals surface area (Å²) < 4.78 is 48.7. The average molecular weight is 426 g/mol. The Morgan fingerprint density at radius 3 is 2.34 bits per heavy atom. The maximum Gasteiger partial charge on any atom is 0.416 e. The van der Waals surface area contributed by atoms with Gasteiger partial charge in [-0.05, 0) is 42.4 Å². The lowest BCUT2D eigenvalue weighted by molar-refractivity contribution is -0.137. The normalized spacial score (nSPS) is 13.8. The van der Waals surface area contributed by atoms with Crippen molar-refractivity contribution in [3.63, 3.8) is 0 Å². The Hall–Kier alpha value is -2.44. The molecule has 3 nitrogen and oxygen atoms in total. The Morgan fingerprint density at radius 2 is 1.66 bits per heavy atom. The third-order valence-corrected chi connectivity index (χ3v) is 4.25. The van der Waals surface area contributed by atoms with E-state index in [4.69, 9.17) is 9.47 Å². The number of ether oxygens (including phenoxy) is 2. The van der Waals surface area contributed by atoms with Crippen LogP contribution >= 0.6 is 12.4 Å². The molecule has 2 aromatic rings. The van der Waals surface area contributed by atoms with E-state index in [1.54, 1.807) is 6.08 Å². The molecule has 2 aromatic carbocycles. The molecule has 0 radical (unpaired) electrons. The minimum absolute atomic E-state index is 0. The summed E-state index contributed by atoms with van der Waals surface area (Å²) in [6.07, 6.45) is 3.18. The maximum atomic E-state index is 12.5. The molecule has 0 N–H and O–H groups in total. The van der Waals surface area contributed by atoms with Crippen LogP contribution in [-0.4, -0.2) is 31.7 Å². The summed E-state index contributed by atoms with van der Waals surface area (Å²) in [5, 5.41) is 0. The molecular weight excluding hydrogens is 403 g/mol. The highest BCUT2D eigenvalue weighted by Crippen LogP contribution is 2.31. The fourth-order valence-electron chi connectivity index (χ4n) is 2.83. The standard InChI is InChI=1S/C22H22F3NO2.ClH/c1-26(16-18-8-11-20-21(15-18)28-14-13-27-20)12-4-2-3-5-17-6-9-19(10-7-17)22(23,24)25;/h2-11,15H,12-14,16H2,1H3;1H/b4-2+,5-3+;. The summed E-state index contributed by atoms with van der Waals surface area (Å²) in [4.78, 5) is 2.15. The van der Waals surface area contributed by atoms with Gasteiger partial charge in [-0.15, -0.1) is 12.4 Å². The van der Waals surface area contributed by atoms with E-state index in [1.165, 1.54) is 12.1 Å². The Kier molecular flexibility index (Phi) is 8.17. The molecule has 0 aromatic heterocycles. The molecule has 7 heteroatoms. The summed E-state index contributed by atoms with van der Waals surface area (Å²) in [6, 6.07) is 11.1. The van der Waals surface area contributed by atoms with Crippen molar-refractivity contribution in [3.05, 3.63) is 77.4 Å². The van der Waals surface area contributed by atoms with E-state index in [9.17, 15) is 13.2 Å². The molecule has 0 fully saturated rings. The van der Waals surface area contributed by atoms with Gasteiger partial charge in [0.25, 0.3) is 0 Å². The number of fused-ring (bicyclic) bond motifs is 1. The molecule has 0 unspecified atom stereocenters. The van der Waals surface area contributed by atoms with Crippen LogP contribution in [0.4, 0.5) is 13.2 Å². The first kappa shape index (κ1) is 22.8. The van der Waals surface area contributed by atoms with E-state index >= 15 is 0 Å². The second-order valence-corrected chi connectivity index (χ2v) is 6.58. The number of rotatable bonds is 6. The van der Waals surface area contributed by atoms with E-state index in [2.05, 4.69) is 4.90 Å². The molecule has 1 aliphatic heterocycles. The summed E-state index contributed by atoms with van der Waals surface area (Å²) in [6.45, 7) is 2.66. The lowest BCUT2D eigenvalue weighted by atomic mass is 10.1. The van der Waals surface area contributed by atoms with Gasteiger partial charge in [-0.3, -0.25) is 4.90 Å². The van der Waals surface area contributed by atoms with Gasteiger partial charge in [0.05, 0.1) is 5.56 Å². The quantitative estimate of drug-likeness (QED) is 0.562. The Morgan fingerprint density at radius 1 is 0.966 bits per heavy atom. The summed E-state index contributed by atoms with van der Waals surface area (Å²) >= 11 is 0. The fraction of sp³-hybridized carbons (Fsp3) is 0.273. The number of allylic oxidation sites excluding steroid dienone is 2. The average Bonchev–Trinajstić information content (AvgIpc) is 2.67.